The SMILES string of the molecule is O=S(=O)(Cl)CC1(COc2cc(Br)ccc2Cl)CCOCC1. The molecule has 118 valence electrons. The Morgan fingerprint density at radius 2 is 2.00 bits per heavy atom. The van der Waals surface area contributed by atoms with Crippen LogP contribution in [0.5, 0.6) is 5.75 Å². The molecule has 2 rings (SSSR count). The van der Waals surface area contributed by atoms with Crippen LogP contribution in [0.15, 0.2) is 22.7 Å². The number of halogens is 3. The molecule has 1 saturated heterocycles. The zero-order valence-electron chi connectivity index (χ0n) is 11.1. The Morgan fingerprint density at radius 1 is 1.33 bits per heavy atom. The lowest BCUT2D eigenvalue weighted by Crippen LogP contribution is -2.40. The Kier molecular flexibility index (Phi) is 5.82. The second kappa shape index (κ2) is 7.04. The van der Waals surface area contributed by atoms with Crippen LogP contribution >= 0.6 is 38.2 Å². The van der Waals surface area contributed by atoms with E-state index in [1.165, 1.54) is 0 Å². The van der Waals surface area contributed by atoms with Crippen molar-refractivity contribution >= 4 is 47.3 Å². The fourth-order valence-electron chi connectivity index (χ4n) is 2.32. The fourth-order valence-corrected chi connectivity index (χ4v) is 4.63. The lowest BCUT2D eigenvalue weighted by atomic mass is 9.83. The van der Waals surface area contributed by atoms with Crippen LogP contribution in [-0.4, -0.2) is 34.0 Å². The minimum atomic E-state index is -3.61. The maximum Gasteiger partial charge on any atom is 0.233 e. The van der Waals surface area contributed by atoms with Crippen molar-refractivity contribution in [3.8, 4) is 5.75 Å². The highest BCUT2D eigenvalue weighted by atomic mass is 79.9. The van der Waals surface area contributed by atoms with Crippen molar-refractivity contribution < 1.29 is 17.9 Å². The monoisotopic (exact) mass is 416 g/mol. The highest BCUT2D eigenvalue weighted by molar-refractivity contribution is 9.10. The van der Waals surface area contributed by atoms with E-state index in [0.29, 0.717) is 36.8 Å². The van der Waals surface area contributed by atoms with Crippen LogP contribution in [0.2, 0.25) is 5.02 Å². The summed E-state index contributed by atoms with van der Waals surface area (Å²) in [5, 5.41) is 0.481. The number of hydrogen-bond acceptors (Lipinski definition) is 4. The van der Waals surface area contributed by atoms with E-state index in [4.69, 9.17) is 31.8 Å². The molecule has 1 fully saturated rings. The van der Waals surface area contributed by atoms with Crippen molar-refractivity contribution in [2.75, 3.05) is 25.6 Å². The molecular weight excluding hydrogens is 403 g/mol. The van der Waals surface area contributed by atoms with Crippen molar-refractivity contribution in [3.05, 3.63) is 27.7 Å². The molecule has 1 aromatic carbocycles. The Morgan fingerprint density at radius 3 is 2.62 bits per heavy atom. The van der Waals surface area contributed by atoms with E-state index >= 15 is 0 Å². The second-order valence-corrected chi connectivity index (χ2v) is 9.26. The first kappa shape index (κ1) is 17.3. The average Bonchev–Trinajstić information content (AvgIpc) is 2.39. The first-order valence-electron chi connectivity index (χ1n) is 6.38. The second-order valence-electron chi connectivity index (χ2n) is 5.16. The van der Waals surface area contributed by atoms with Crippen molar-refractivity contribution in [1.29, 1.82) is 0 Å². The molecule has 1 aromatic rings. The molecule has 0 atom stereocenters. The number of hydrogen-bond donors (Lipinski definition) is 0. The van der Waals surface area contributed by atoms with Crippen LogP contribution < -0.4 is 4.74 Å². The summed E-state index contributed by atoms with van der Waals surface area (Å²) in [6.07, 6.45) is 1.18. The van der Waals surface area contributed by atoms with Gasteiger partial charge in [-0.1, -0.05) is 27.5 Å². The minimum absolute atomic E-state index is 0.128. The van der Waals surface area contributed by atoms with Crippen LogP contribution in [0, 0.1) is 5.41 Å². The van der Waals surface area contributed by atoms with Crippen molar-refractivity contribution in [2.45, 2.75) is 12.8 Å². The summed E-state index contributed by atoms with van der Waals surface area (Å²) in [7, 11) is 1.83. The molecule has 0 saturated carbocycles. The molecule has 8 heteroatoms. The zero-order valence-corrected chi connectivity index (χ0v) is 15.1. The molecule has 4 nitrogen and oxygen atoms in total. The molecule has 0 amide bonds. The van der Waals surface area contributed by atoms with Crippen molar-refractivity contribution in [1.82, 2.24) is 0 Å². The van der Waals surface area contributed by atoms with Crippen LogP contribution in [0.4, 0.5) is 0 Å². The number of ether oxygens (including phenoxy) is 2. The summed E-state index contributed by atoms with van der Waals surface area (Å²) in [6, 6.07) is 5.28. The lowest BCUT2D eigenvalue weighted by molar-refractivity contribution is 0.00229. The van der Waals surface area contributed by atoms with Gasteiger partial charge in [-0.15, -0.1) is 0 Å². The summed E-state index contributed by atoms with van der Waals surface area (Å²) in [5.41, 5.74) is -0.537. The summed E-state index contributed by atoms with van der Waals surface area (Å²) < 4.78 is 34.9. The van der Waals surface area contributed by atoms with Gasteiger partial charge in [0, 0.05) is 33.8 Å². The minimum Gasteiger partial charge on any atom is -0.491 e. The highest BCUT2D eigenvalue weighted by Crippen LogP contribution is 2.36. The molecule has 0 bridgehead atoms. The quantitative estimate of drug-likeness (QED) is 0.682. The third-order valence-corrected chi connectivity index (χ3v) is 5.55. The predicted octanol–water partition coefficient (Wildman–Crippen LogP) is 3.85. The molecular formula is C13H15BrCl2O4S. The molecule has 0 spiro atoms. The smallest absolute Gasteiger partial charge is 0.233 e. The van der Waals surface area contributed by atoms with Crippen LogP contribution in [0.3, 0.4) is 0 Å². The molecule has 1 aliphatic rings. The van der Waals surface area contributed by atoms with Gasteiger partial charge in [0.25, 0.3) is 0 Å². The van der Waals surface area contributed by atoms with Crippen LogP contribution in [-0.2, 0) is 13.8 Å². The third-order valence-electron chi connectivity index (χ3n) is 3.46. The molecule has 1 heterocycles. The van der Waals surface area contributed by atoms with Crippen molar-refractivity contribution in [3.63, 3.8) is 0 Å². The average molecular weight is 418 g/mol. The Balaban J connectivity index is 2.14. The highest BCUT2D eigenvalue weighted by Gasteiger charge is 2.37. The number of benzene rings is 1. The van der Waals surface area contributed by atoms with Gasteiger partial charge in [0.2, 0.25) is 9.05 Å². The lowest BCUT2D eigenvalue weighted by Gasteiger charge is -2.35. The molecule has 21 heavy (non-hydrogen) atoms. The predicted molar refractivity (Wildman–Crippen MR) is 86.8 cm³/mol. The van der Waals surface area contributed by atoms with Crippen LogP contribution in [0.25, 0.3) is 0 Å². The van der Waals surface area contributed by atoms with Crippen LogP contribution in [0.1, 0.15) is 12.8 Å². The first-order chi connectivity index (χ1) is 9.80. The fraction of sp³-hybridized carbons (Fsp3) is 0.538. The van der Waals surface area contributed by atoms with Gasteiger partial charge in [-0.2, -0.15) is 0 Å². The summed E-state index contributed by atoms with van der Waals surface area (Å²) in [4.78, 5) is 0. The van der Waals surface area contributed by atoms with Gasteiger partial charge in [0.15, 0.2) is 0 Å². The Bertz CT molecular complexity index is 600. The van der Waals surface area contributed by atoms with E-state index in [1.807, 2.05) is 6.07 Å². The summed E-state index contributed by atoms with van der Waals surface area (Å²) in [6.45, 7) is 1.24. The van der Waals surface area contributed by atoms with E-state index in [0.717, 1.165) is 4.47 Å². The first-order valence-corrected chi connectivity index (χ1v) is 10.0. The molecule has 0 aromatic heterocycles. The van der Waals surface area contributed by atoms with Gasteiger partial charge in [0.05, 0.1) is 17.4 Å². The molecule has 1 aliphatic heterocycles. The van der Waals surface area contributed by atoms with E-state index in [2.05, 4.69) is 15.9 Å². The molecule has 0 N–H and O–H groups in total. The summed E-state index contributed by atoms with van der Waals surface area (Å²) >= 11 is 9.43. The summed E-state index contributed by atoms with van der Waals surface area (Å²) in [5.74, 6) is 0.389. The van der Waals surface area contributed by atoms with Crippen molar-refractivity contribution in [2.24, 2.45) is 5.41 Å². The third kappa shape index (κ3) is 5.28. The van der Waals surface area contributed by atoms with Gasteiger partial charge in [-0.25, -0.2) is 8.42 Å². The molecule has 0 aliphatic carbocycles. The van der Waals surface area contributed by atoms with Gasteiger partial charge in [-0.3, -0.25) is 0 Å². The topological polar surface area (TPSA) is 52.6 Å². The van der Waals surface area contributed by atoms with Gasteiger partial charge < -0.3 is 9.47 Å². The Labute approximate surface area is 142 Å². The standard InChI is InChI=1S/C13H15BrCl2O4S/c14-10-1-2-11(15)12(7-10)20-8-13(9-21(16,17)18)3-5-19-6-4-13/h1-2,7H,3-6,8-9H2. The number of rotatable bonds is 5. The molecule has 0 radical (unpaired) electrons. The maximum absolute atomic E-state index is 11.5. The van der Waals surface area contributed by atoms with E-state index < -0.39 is 14.5 Å². The Hall–Kier alpha value is -0.0100. The molecule has 0 unspecified atom stereocenters. The van der Waals surface area contributed by atoms with Gasteiger partial charge in [0.1, 0.15) is 5.75 Å². The normalized spacial score (nSPS) is 18.4. The largest absolute Gasteiger partial charge is 0.491 e. The van der Waals surface area contributed by atoms with E-state index in [-0.39, 0.29) is 12.4 Å². The van der Waals surface area contributed by atoms with E-state index in [1.54, 1.807) is 12.1 Å². The van der Waals surface area contributed by atoms with Gasteiger partial charge in [-0.05, 0) is 31.0 Å². The van der Waals surface area contributed by atoms with E-state index in [9.17, 15) is 8.42 Å². The zero-order chi connectivity index (χ0) is 15.5. The maximum atomic E-state index is 11.5. The van der Waals surface area contributed by atoms with Gasteiger partial charge >= 0.3 is 0 Å².